The van der Waals surface area contributed by atoms with Crippen LogP contribution in [-0.2, 0) is 12.7 Å². The van der Waals surface area contributed by atoms with E-state index < -0.39 is 23.5 Å². The number of aromatic nitrogens is 1. The van der Waals surface area contributed by atoms with Crippen molar-refractivity contribution in [1.29, 1.82) is 0 Å². The van der Waals surface area contributed by atoms with Gasteiger partial charge in [-0.15, -0.1) is 11.3 Å². The van der Waals surface area contributed by atoms with Crippen LogP contribution in [0.25, 0.3) is 0 Å². The van der Waals surface area contributed by atoms with Crippen LogP contribution < -0.4 is 15.5 Å². The molecule has 0 saturated carbocycles. The van der Waals surface area contributed by atoms with Crippen LogP contribution >= 0.6 is 11.3 Å². The lowest BCUT2D eigenvalue weighted by atomic mass is 10.1. The van der Waals surface area contributed by atoms with Crippen LogP contribution in [-0.4, -0.2) is 37.6 Å². The average molecular weight is 433 g/mol. The van der Waals surface area contributed by atoms with Crippen molar-refractivity contribution in [3.05, 3.63) is 45.9 Å². The molecular weight excluding hydrogens is 413 g/mol. The van der Waals surface area contributed by atoms with E-state index in [1.165, 1.54) is 6.07 Å². The molecule has 3 rings (SSSR count). The maximum atomic E-state index is 13.4. The van der Waals surface area contributed by atoms with Crippen molar-refractivity contribution >= 4 is 23.0 Å². The molecule has 0 amide bonds. The Balaban J connectivity index is 1.46. The zero-order valence-corrected chi connectivity index (χ0v) is 16.4. The van der Waals surface area contributed by atoms with E-state index >= 15 is 0 Å². The Morgan fingerprint density at radius 1 is 1.28 bits per heavy atom. The molecule has 158 valence electrons. The van der Waals surface area contributed by atoms with E-state index in [-0.39, 0.29) is 12.5 Å². The van der Waals surface area contributed by atoms with Gasteiger partial charge in [0.05, 0.1) is 6.54 Å². The highest BCUT2D eigenvalue weighted by molar-refractivity contribution is 7.09. The molecule has 0 aliphatic carbocycles. The Morgan fingerprint density at radius 2 is 2.07 bits per heavy atom. The lowest BCUT2D eigenvalue weighted by Crippen LogP contribution is -2.40. The molecule has 1 aromatic heterocycles. The zero-order valence-electron chi connectivity index (χ0n) is 15.6. The molecule has 0 spiro atoms. The minimum atomic E-state index is -4.45. The Bertz CT molecular complexity index is 867. The number of thiazole rings is 1. The first-order valence-electron chi connectivity index (χ1n) is 8.92. The summed E-state index contributed by atoms with van der Waals surface area (Å²) < 4.78 is 64.3. The first-order valence-corrected chi connectivity index (χ1v) is 9.80. The largest absolute Gasteiger partial charge is 0.434 e. The van der Waals surface area contributed by atoms with E-state index in [1.54, 1.807) is 13.1 Å². The van der Waals surface area contributed by atoms with Gasteiger partial charge in [-0.25, -0.2) is 13.8 Å². The molecule has 2 aromatic rings. The standard InChI is InChI=1S/C18H20F5N5S/c1-24-17(26-8-16-27-15(10-29-16)18(21,22)23)25-7-11-4-5-28(9-11)12-2-3-13(19)14(20)6-12/h2-3,6,10-11H,4-5,7-9H2,1H3,(H2,24,25,26). The minimum Gasteiger partial charge on any atom is -0.371 e. The van der Waals surface area contributed by atoms with E-state index in [4.69, 9.17) is 0 Å². The molecular formula is C18H20F5N5S. The van der Waals surface area contributed by atoms with Crippen molar-refractivity contribution in [1.82, 2.24) is 15.6 Å². The van der Waals surface area contributed by atoms with Gasteiger partial charge in [-0.05, 0) is 24.5 Å². The number of aliphatic imine (C=N–C) groups is 1. The fraction of sp³-hybridized carbons (Fsp3) is 0.444. The quantitative estimate of drug-likeness (QED) is 0.430. The number of hydrogen-bond acceptors (Lipinski definition) is 4. The normalized spacial score (nSPS) is 17.7. The third-order valence-electron chi connectivity index (χ3n) is 4.59. The number of rotatable bonds is 5. The summed E-state index contributed by atoms with van der Waals surface area (Å²) >= 11 is 0.932. The Morgan fingerprint density at radius 3 is 2.72 bits per heavy atom. The lowest BCUT2D eigenvalue weighted by Gasteiger charge is -2.19. The molecule has 2 N–H and O–H groups in total. The van der Waals surface area contributed by atoms with Crippen molar-refractivity contribution < 1.29 is 22.0 Å². The summed E-state index contributed by atoms with van der Waals surface area (Å²) in [5.74, 6) is -1.02. The summed E-state index contributed by atoms with van der Waals surface area (Å²) in [6, 6.07) is 3.86. The van der Waals surface area contributed by atoms with Gasteiger partial charge in [0, 0.05) is 43.8 Å². The van der Waals surface area contributed by atoms with Crippen LogP contribution in [0.15, 0.2) is 28.6 Å². The molecule has 2 heterocycles. The number of halogens is 5. The third-order valence-corrected chi connectivity index (χ3v) is 5.43. The average Bonchev–Trinajstić information content (AvgIpc) is 3.33. The molecule has 0 bridgehead atoms. The van der Waals surface area contributed by atoms with Crippen molar-refractivity contribution in [2.24, 2.45) is 10.9 Å². The highest BCUT2D eigenvalue weighted by Crippen LogP contribution is 2.30. The van der Waals surface area contributed by atoms with Crippen LogP contribution in [0.3, 0.4) is 0 Å². The van der Waals surface area contributed by atoms with Gasteiger partial charge in [0.1, 0.15) is 5.01 Å². The maximum absolute atomic E-state index is 13.4. The van der Waals surface area contributed by atoms with Crippen molar-refractivity contribution in [2.75, 3.05) is 31.6 Å². The lowest BCUT2D eigenvalue weighted by molar-refractivity contribution is -0.140. The number of alkyl halides is 3. The minimum absolute atomic E-state index is 0.131. The summed E-state index contributed by atoms with van der Waals surface area (Å²) in [5.41, 5.74) is -0.260. The van der Waals surface area contributed by atoms with Gasteiger partial charge in [-0.3, -0.25) is 4.99 Å². The fourth-order valence-electron chi connectivity index (χ4n) is 3.06. The number of anilines is 1. The van der Waals surface area contributed by atoms with Gasteiger partial charge in [0.2, 0.25) is 0 Å². The fourth-order valence-corrected chi connectivity index (χ4v) is 3.80. The SMILES string of the molecule is CN=C(NCc1nc(C(F)(F)F)cs1)NCC1CCN(c2ccc(F)c(F)c2)C1. The highest BCUT2D eigenvalue weighted by Gasteiger charge is 2.33. The van der Waals surface area contributed by atoms with Gasteiger partial charge < -0.3 is 15.5 Å². The van der Waals surface area contributed by atoms with Crippen molar-refractivity contribution in [3.63, 3.8) is 0 Å². The Kier molecular flexibility index (Phi) is 6.56. The van der Waals surface area contributed by atoms with Crippen LogP contribution in [0.1, 0.15) is 17.1 Å². The van der Waals surface area contributed by atoms with Gasteiger partial charge in [0.25, 0.3) is 0 Å². The predicted octanol–water partition coefficient (Wildman–Crippen LogP) is 3.63. The number of guanidine groups is 1. The second kappa shape index (κ2) is 8.93. The number of nitrogens with zero attached hydrogens (tertiary/aromatic N) is 3. The molecule has 0 radical (unpaired) electrons. The van der Waals surface area contributed by atoms with Gasteiger partial charge in [-0.1, -0.05) is 0 Å². The van der Waals surface area contributed by atoms with Crippen LogP contribution in [0, 0.1) is 17.6 Å². The van der Waals surface area contributed by atoms with E-state index in [0.29, 0.717) is 29.7 Å². The predicted molar refractivity (Wildman–Crippen MR) is 102 cm³/mol. The number of hydrogen-bond donors (Lipinski definition) is 2. The molecule has 1 saturated heterocycles. The van der Waals surface area contributed by atoms with Gasteiger partial charge in [-0.2, -0.15) is 13.2 Å². The second-order valence-corrected chi connectivity index (χ2v) is 7.57. The zero-order chi connectivity index (χ0) is 21.0. The number of nitrogens with one attached hydrogen (secondary N) is 2. The third kappa shape index (κ3) is 5.55. The molecule has 1 aliphatic rings. The van der Waals surface area contributed by atoms with E-state index in [9.17, 15) is 22.0 Å². The first-order chi connectivity index (χ1) is 13.8. The van der Waals surface area contributed by atoms with Gasteiger partial charge in [0.15, 0.2) is 23.3 Å². The van der Waals surface area contributed by atoms with Gasteiger partial charge >= 0.3 is 6.18 Å². The number of benzene rings is 1. The maximum Gasteiger partial charge on any atom is 0.434 e. The monoisotopic (exact) mass is 433 g/mol. The van der Waals surface area contributed by atoms with E-state index in [0.717, 1.165) is 35.7 Å². The van der Waals surface area contributed by atoms with Crippen LogP contribution in [0.5, 0.6) is 0 Å². The van der Waals surface area contributed by atoms with Crippen molar-refractivity contribution in [2.45, 2.75) is 19.1 Å². The summed E-state index contributed by atoms with van der Waals surface area (Å²) in [6.45, 7) is 2.12. The molecule has 1 aromatic carbocycles. The summed E-state index contributed by atoms with van der Waals surface area (Å²) in [5, 5.41) is 7.39. The molecule has 5 nitrogen and oxygen atoms in total. The van der Waals surface area contributed by atoms with Crippen LogP contribution in [0.2, 0.25) is 0 Å². The summed E-state index contributed by atoms with van der Waals surface area (Å²) in [7, 11) is 1.57. The van der Waals surface area contributed by atoms with Crippen molar-refractivity contribution in [3.8, 4) is 0 Å². The molecule has 11 heteroatoms. The molecule has 1 atom stereocenters. The molecule has 1 aliphatic heterocycles. The smallest absolute Gasteiger partial charge is 0.371 e. The highest BCUT2D eigenvalue weighted by atomic mass is 32.1. The van der Waals surface area contributed by atoms with Crippen LogP contribution in [0.4, 0.5) is 27.6 Å². The summed E-state index contributed by atoms with van der Waals surface area (Å²) in [6.07, 6.45) is -3.58. The Hall–Kier alpha value is -2.43. The molecule has 1 unspecified atom stereocenters. The van der Waals surface area contributed by atoms with E-state index in [1.807, 2.05) is 4.90 Å². The topological polar surface area (TPSA) is 52.6 Å². The molecule has 29 heavy (non-hydrogen) atoms. The first kappa shape index (κ1) is 21.3. The second-order valence-electron chi connectivity index (χ2n) is 6.63. The Labute approximate surface area is 168 Å². The van der Waals surface area contributed by atoms with E-state index in [2.05, 4.69) is 20.6 Å². The molecule has 1 fully saturated rings. The summed E-state index contributed by atoms with van der Waals surface area (Å²) in [4.78, 5) is 9.61.